The number of nitrogens with one attached hydrogen (secondary N) is 1. The minimum atomic E-state index is -3.62. The number of hydrazine groups is 1. The zero-order chi connectivity index (χ0) is 15.3. The quantitative estimate of drug-likeness (QED) is 0.445. The minimum absolute atomic E-state index is 0.368. The van der Waals surface area contributed by atoms with Gasteiger partial charge in [0.15, 0.2) is 0 Å². The van der Waals surface area contributed by atoms with Gasteiger partial charge in [0.05, 0.1) is 18.6 Å². The molecule has 3 N–H and O–H groups in total. The summed E-state index contributed by atoms with van der Waals surface area (Å²) >= 11 is 0. The van der Waals surface area contributed by atoms with Crippen molar-refractivity contribution in [2.45, 2.75) is 19.9 Å². The van der Waals surface area contributed by atoms with Gasteiger partial charge >= 0.3 is 0 Å². The van der Waals surface area contributed by atoms with Gasteiger partial charge in [-0.3, -0.25) is 14.5 Å². The molecule has 8 heteroatoms. The average Bonchev–Trinajstić information content (AvgIpc) is 2.38. The van der Waals surface area contributed by atoms with Gasteiger partial charge in [-0.2, -0.15) is 0 Å². The van der Waals surface area contributed by atoms with E-state index >= 15 is 0 Å². The van der Waals surface area contributed by atoms with Crippen molar-refractivity contribution in [1.29, 1.82) is 0 Å². The summed E-state index contributed by atoms with van der Waals surface area (Å²) in [7, 11) is -3.62. The number of sulfonamides is 1. The fraction of sp³-hybridized carbons (Fsp3) is 0.417. The highest BCUT2D eigenvalue weighted by Crippen LogP contribution is 2.23. The van der Waals surface area contributed by atoms with Crippen molar-refractivity contribution in [2.24, 2.45) is 5.84 Å². The first kappa shape index (κ1) is 16.3. The minimum Gasteiger partial charge on any atom is -0.494 e. The Labute approximate surface area is 118 Å². The predicted octanol–water partition coefficient (Wildman–Crippen LogP) is 0.230. The van der Waals surface area contributed by atoms with Crippen LogP contribution in [0.15, 0.2) is 24.3 Å². The van der Waals surface area contributed by atoms with E-state index < -0.39 is 22.0 Å². The average molecular weight is 301 g/mol. The lowest BCUT2D eigenvalue weighted by atomic mass is 10.2. The van der Waals surface area contributed by atoms with Crippen LogP contribution in [0.5, 0.6) is 5.75 Å². The van der Waals surface area contributed by atoms with Crippen LogP contribution in [0.2, 0.25) is 0 Å². The molecule has 0 saturated carbocycles. The predicted molar refractivity (Wildman–Crippen MR) is 76.7 cm³/mol. The molecule has 0 radical (unpaired) electrons. The summed E-state index contributed by atoms with van der Waals surface area (Å²) in [5.41, 5.74) is 2.32. The van der Waals surface area contributed by atoms with Crippen molar-refractivity contribution in [3.05, 3.63) is 24.3 Å². The monoisotopic (exact) mass is 301 g/mol. The number of anilines is 1. The lowest BCUT2D eigenvalue weighted by Gasteiger charge is -2.27. The van der Waals surface area contributed by atoms with Crippen LogP contribution < -0.4 is 20.3 Å². The molecule has 1 aromatic rings. The van der Waals surface area contributed by atoms with Gasteiger partial charge in [-0.15, -0.1) is 0 Å². The van der Waals surface area contributed by atoms with Crippen LogP contribution in [0.4, 0.5) is 5.69 Å². The second-order valence-electron chi connectivity index (χ2n) is 4.17. The summed E-state index contributed by atoms with van der Waals surface area (Å²) in [5, 5.41) is 0. The number of hydrogen-bond acceptors (Lipinski definition) is 5. The van der Waals surface area contributed by atoms with E-state index in [2.05, 4.69) is 0 Å². The second kappa shape index (κ2) is 6.58. The smallest absolute Gasteiger partial charge is 0.257 e. The highest BCUT2D eigenvalue weighted by atomic mass is 32.2. The third kappa shape index (κ3) is 3.84. The molecule has 1 aromatic carbocycles. The summed E-state index contributed by atoms with van der Waals surface area (Å²) < 4.78 is 30.0. The van der Waals surface area contributed by atoms with Gasteiger partial charge < -0.3 is 4.74 Å². The molecule has 0 aliphatic rings. The standard InChI is InChI=1S/C12H19N3O4S/c1-4-19-11-7-5-10(6-8-11)15(20(3,17)18)9(2)12(16)14-13/h5-9H,4,13H2,1-3H3,(H,14,16). The maximum Gasteiger partial charge on any atom is 0.257 e. The van der Waals surface area contributed by atoms with E-state index in [0.717, 1.165) is 10.6 Å². The van der Waals surface area contributed by atoms with Crippen molar-refractivity contribution in [2.75, 3.05) is 17.2 Å². The lowest BCUT2D eigenvalue weighted by Crippen LogP contribution is -2.49. The van der Waals surface area contributed by atoms with Crippen molar-refractivity contribution in [1.82, 2.24) is 5.43 Å². The highest BCUT2D eigenvalue weighted by molar-refractivity contribution is 7.92. The van der Waals surface area contributed by atoms with Crippen LogP contribution in [-0.4, -0.2) is 33.2 Å². The molecule has 20 heavy (non-hydrogen) atoms. The number of carbonyl (C=O) groups is 1. The molecule has 0 aromatic heterocycles. The van der Waals surface area contributed by atoms with E-state index in [0.29, 0.717) is 18.0 Å². The van der Waals surface area contributed by atoms with Crippen LogP contribution >= 0.6 is 0 Å². The molecule has 1 rings (SSSR count). The fourth-order valence-corrected chi connectivity index (χ4v) is 2.96. The fourth-order valence-electron chi connectivity index (χ4n) is 1.79. The first-order valence-corrected chi connectivity index (χ1v) is 7.88. The number of ether oxygens (including phenoxy) is 1. The highest BCUT2D eigenvalue weighted by Gasteiger charge is 2.28. The summed E-state index contributed by atoms with van der Waals surface area (Å²) in [4.78, 5) is 11.6. The molecule has 0 bridgehead atoms. The van der Waals surface area contributed by atoms with Gasteiger partial charge in [0.2, 0.25) is 10.0 Å². The van der Waals surface area contributed by atoms with E-state index in [4.69, 9.17) is 10.6 Å². The maximum absolute atomic E-state index is 11.9. The van der Waals surface area contributed by atoms with E-state index in [1.165, 1.54) is 6.92 Å². The van der Waals surface area contributed by atoms with Crippen molar-refractivity contribution in [3.8, 4) is 5.75 Å². The first-order valence-electron chi connectivity index (χ1n) is 6.04. The number of benzene rings is 1. The van der Waals surface area contributed by atoms with Crippen molar-refractivity contribution >= 4 is 21.6 Å². The molecule has 0 spiro atoms. The Hall–Kier alpha value is -1.80. The summed E-state index contributed by atoms with van der Waals surface area (Å²) in [5.74, 6) is 5.09. The summed E-state index contributed by atoms with van der Waals surface area (Å²) in [6, 6.07) is 5.49. The van der Waals surface area contributed by atoms with Crippen LogP contribution in [0.3, 0.4) is 0 Å². The van der Waals surface area contributed by atoms with E-state index in [9.17, 15) is 13.2 Å². The Bertz CT molecular complexity index is 557. The van der Waals surface area contributed by atoms with Gasteiger partial charge in [-0.05, 0) is 38.1 Å². The van der Waals surface area contributed by atoms with Gasteiger partial charge in [0, 0.05) is 0 Å². The third-order valence-electron chi connectivity index (χ3n) is 2.63. The Morgan fingerprint density at radius 3 is 2.35 bits per heavy atom. The molecular formula is C12H19N3O4S. The number of nitrogens with two attached hydrogens (primary N) is 1. The second-order valence-corrected chi connectivity index (χ2v) is 6.03. The zero-order valence-corrected chi connectivity index (χ0v) is 12.5. The summed E-state index contributed by atoms with van der Waals surface area (Å²) in [6.45, 7) is 3.82. The van der Waals surface area contributed by atoms with Crippen molar-refractivity contribution in [3.63, 3.8) is 0 Å². The molecule has 112 valence electrons. The number of hydrogen-bond donors (Lipinski definition) is 2. The molecule has 0 heterocycles. The molecule has 7 nitrogen and oxygen atoms in total. The van der Waals surface area contributed by atoms with Crippen LogP contribution in [-0.2, 0) is 14.8 Å². The van der Waals surface area contributed by atoms with E-state index in [-0.39, 0.29) is 0 Å². The van der Waals surface area contributed by atoms with Gasteiger partial charge in [-0.25, -0.2) is 14.3 Å². The Balaban J connectivity index is 3.15. The zero-order valence-electron chi connectivity index (χ0n) is 11.7. The molecule has 1 amide bonds. The molecule has 0 fully saturated rings. The largest absolute Gasteiger partial charge is 0.494 e. The Morgan fingerprint density at radius 1 is 1.40 bits per heavy atom. The van der Waals surface area contributed by atoms with Gasteiger partial charge in [0.25, 0.3) is 5.91 Å². The lowest BCUT2D eigenvalue weighted by molar-refractivity contribution is -0.121. The first-order chi connectivity index (χ1) is 9.31. The van der Waals surface area contributed by atoms with Crippen LogP contribution in [0, 0.1) is 0 Å². The molecule has 1 unspecified atom stereocenters. The van der Waals surface area contributed by atoms with E-state index in [1.807, 2.05) is 12.3 Å². The van der Waals surface area contributed by atoms with Gasteiger partial charge in [0.1, 0.15) is 11.8 Å². The third-order valence-corrected chi connectivity index (χ3v) is 3.87. The topological polar surface area (TPSA) is 102 Å². The van der Waals surface area contributed by atoms with E-state index in [1.54, 1.807) is 24.3 Å². The number of rotatable bonds is 6. The summed E-state index contributed by atoms with van der Waals surface area (Å²) in [6.07, 6.45) is 1.03. The number of carbonyl (C=O) groups excluding carboxylic acids is 1. The van der Waals surface area contributed by atoms with Crippen LogP contribution in [0.1, 0.15) is 13.8 Å². The van der Waals surface area contributed by atoms with Crippen LogP contribution in [0.25, 0.3) is 0 Å². The number of nitrogens with zero attached hydrogens (tertiary/aromatic N) is 1. The molecule has 0 aliphatic carbocycles. The molecular weight excluding hydrogens is 282 g/mol. The molecule has 1 atom stereocenters. The maximum atomic E-state index is 11.9. The van der Waals surface area contributed by atoms with Crippen molar-refractivity contribution < 1.29 is 17.9 Å². The Kier molecular flexibility index (Phi) is 5.34. The molecule has 0 aliphatic heterocycles. The number of amides is 1. The SMILES string of the molecule is CCOc1ccc(N(C(C)C(=O)NN)S(C)(=O)=O)cc1. The Morgan fingerprint density at radius 2 is 1.95 bits per heavy atom. The van der Waals surface area contributed by atoms with Gasteiger partial charge in [-0.1, -0.05) is 0 Å². The normalized spacial score (nSPS) is 12.6. The molecule has 0 saturated heterocycles.